The lowest BCUT2D eigenvalue weighted by atomic mass is 9.83. The average Bonchev–Trinajstić information content (AvgIpc) is 3.63. The van der Waals surface area contributed by atoms with Crippen LogP contribution in [0.4, 0.5) is 11.4 Å². The highest BCUT2D eigenvalue weighted by Gasteiger charge is 2.52. The zero-order valence-electron chi connectivity index (χ0n) is 25.7. The largest absolute Gasteiger partial charge is 0.394 e. The molecule has 1 fully saturated rings. The van der Waals surface area contributed by atoms with Gasteiger partial charge in [0.1, 0.15) is 0 Å². The lowest BCUT2D eigenvalue weighted by Gasteiger charge is -2.28. The predicted octanol–water partition coefficient (Wildman–Crippen LogP) is 5.17. The van der Waals surface area contributed by atoms with E-state index in [1.165, 1.54) is 9.91 Å². The number of rotatable bonds is 9. The number of benzene rings is 3. The van der Waals surface area contributed by atoms with Crippen LogP contribution in [0.2, 0.25) is 5.02 Å². The summed E-state index contributed by atoms with van der Waals surface area (Å²) in [6, 6.07) is 22.0. The maximum Gasteiger partial charge on any atom is 0.264 e. The van der Waals surface area contributed by atoms with Crippen LogP contribution in [0.5, 0.6) is 0 Å². The molecule has 10 heteroatoms. The number of carbonyl (C=O) groups is 3. The second-order valence-corrected chi connectivity index (χ2v) is 12.5. The Labute approximate surface area is 273 Å². The van der Waals surface area contributed by atoms with Crippen LogP contribution in [0.3, 0.4) is 0 Å². The lowest BCUT2D eigenvalue weighted by Crippen LogP contribution is -2.44. The first-order valence-corrected chi connectivity index (χ1v) is 16.0. The van der Waals surface area contributed by atoms with Gasteiger partial charge < -0.3 is 20.0 Å². The van der Waals surface area contributed by atoms with Crippen LogP contribution in [0.1, 0.15) is 55.7 Å². The van der Waals surface area contributed by atoms with Crippen molar-refractivity contribution >= 4 is 46.4 Å². The summed E-state index contributed by atoms with van der Waals surface area (Å²) in [5.41, 5.74) is 2.17. The van der Waals surface area contributed by atoms with Crippen molar-refractivity contribution in [1.29, 1.82) is 0 Å². The lowest BCUT2D eigenvalue weighted by molar-refractivity contribution is -0.139. The minimum Gasteiger partial charge on any atom is -0.394 e. The maximum atomic E-state index is 14.1. The topological polar surface area (TPSA) is 114 Å². The summed E-state index contributed by atoms with van der Waals surface area (Å²) in [5.74, 6) is -1.39. The normalized spacial score (nSPS) is 22.0. The van der Waals surface area contributed by atoms with Gasteiger partial charge in [0.05, 0.1) is 36.3 Å². The van der Waals surface area contributed by atoms with E-state index in [1.54, 1.807) is 42.2 Å². The van der Waals surface area contributed by atoms with Gasteiger partial charge in [-0.3, -0.25) is 14.4 Å². The van der Waals surface area contributed by atoms with Gasteiger partial charge in [0.15, 0.2) is 5.60 Å². The standard InChI is InChI=1S/C36H37ClN4O5/c1-24(8-5-14-33(43)39-19-7-13-29(39)23-42)36(46)30-21-27(37)15-17-32(30)40(35(36)45)22-25-9-6-12-28(20-25)41-34(44)18-16-31(38-41)26-10-3-2-4-11-26/h2-6,8-12,15,17,20-21,24,29,42,46H,7,13-14,16,18-19,22-23H2,1H3/b8-5+/t24-,29-,36+/m0/s1. The number of anilines is 2. The molecule has 0 aromatic heterocycles. The molecule has 3 heterocycles. The fourth-order valence-electron chi connectivity index (χ4n) is 6.62. The van der Waals surface area contributed by atoms with E-state index in [-0.39, 0.29) is 37.4 Å². The molecule has 0 saturated carbocycles. The second-order valence-electron chi connectivity index (χ2n) is 12.1. The number of hydrazone groups is 1. The van der Waals surface area contributed by atoms with Gasteiger partial charge >= 0.3 is 0 Å². The van der Waals surface area contributed by atoms with Gasteiger partial charge in [0.2, 0.25) is 11.8 Å². The van der Waals surface area contributed by atoms with E-state index in [2.05, 4.69) is 5.10 Å². The summed E-state index contributed by atoms with van der Waals surface area (Å²) >= 11 is 6.35. The molecular weight excluding hydrogens is 604 g/mol. The maximum absolute atomic E-state index is 14.1. The summed E-state index contributed by atoms with van der Waals surface area (Å²) in [4.78, 5) is 43.0. The number of likely N-dealkylation sites (tertiary alicyclic amines) is 1. The average molecular weight is 641 g/mol. The number of hydrogen-bond acceptors (Lipinski definition) is 6. The van der Waals surface area contributed by atoms with Gasteiger partial charge in [-0.25, -0.2) is 5.01 Å². The molecule has 238 valence electrons. The second kappa shape index (κ2) is 13.2. The Bertz CT molecular complexity index is 1710. The highest BCUT2D eigenvalue weighted by atomic mass is 35.5. The summed E-state index contributed by atoms with van der Waals surface area (Å²) in [7, 11) is 0. The Morgan fingerprint density at radius 2 is 1.89 bits per heavy atom. The first-order valence-electron chi connectivity index (χ1n) is 15.7. The molecule has 3 aromatic rings. The fourth-order valence-corrected chi connectivity index (χ4v) is 6.79. The van der Waals surface area contributed by atoms with Crippen LogP contribution in [-0.2, 0) is 26.5 Å². The molecule has 1 saturated heterocycles. The summed E-state index contributed by atoms with van der Waals surface area (Å²) < 4.78 is 0. The van der Waals surface area contributed by atoms with Crippen LogP contribution in [0, 0.1) is 5.92 Å². The number of carbonyl (C=O) groups excluding carboxylic acids is 3. The van der Waals surface area contributed by atoms with Crippen molar-refractivity contribution in [3.05, 3.63) is 107 Å². The van der Waals surface area contributed by atoms with Crippen LogP contribution in [-0.4, -0.2) is 57.7 Å². The Morgan fingerprint density at radius 3 is 2.67 bits per heavy atom. The van der Waals surface area contributed by atoms with Crippen LogP contribution in [0.25, 0.3) is 0 Å². The molecule has 0 radical (unpaired) electrons. The van der Waals surface area contributed by atoms with Crippen molar-refractivity contribution in [1.82, 2.24) is 4.90 Å². The molecule has 6 rings (SSSR count). The molecule has 3 aliphatic rings. The van der Waals surface area contributed by atoms with Crippen LogP contribution in [0.15, 0.2) is 90.0 Å². The quantitative estimate of drug-likeness (QED) is 0.313. The molecule has 0 bridgehead atoms. The van der Waals surface area contributed by atoms with Gasteiger partial charge in [-0.05, 0) is 54.3 Å². The molecular formula is C36H37ClN4O5. The molecule has 2 N–H and O–H groups in total. The highest BCUT2D eigenvalue weighted by molar-refractivity contribution is 6.31. The summed E-state index contributed by atoms with van der Waals surface area (Å²) in [6.45, 7) is 2.44. The minimum absolute atomic E-state index is 0.0628. The Kier molecular flexibility index (Phi) is 9.08. The molecule has 9 nitrogen and oxygen atoms in total. The molecule has 0 aliphatic carbocycles. The molecule has 46 heavy (non-hydrogen) atoms. The van der Waals surface area contributed by atoms with Crippen molar-refractivity contribution in [3.63, 3.8) is 0 Å². The number of hydrogen-bond donors (Lipinski definition) is 2. The van der Waals surface area contributed by atoms with Gasteiger partial charge in [0, 0.05) is 42.3 Å². The van der Waals surface area contributed by atoms with Crippen LogP contribution >= 0.6 is 11.6 Å². The molecule has 3 aromatic carbocycles. The number of nitrogens with zero attached hydrogens (tertiary/aromatic N) is 4. The van der Waals surface area contributed by atoms with E-state index in [9.17, 15) is 24.6 Å². The van der Waals surface area contributed by atoms with Crippen molar-refractivity contribution in [3.8, 4) is 0 Å². The third kappa shape index (κ3) is 5.98. The zero-order valence-corrected chi connectivity index (χ0v) is 26.4. The van der Waals surface area contributed by atoms with E-state index in [0.717, 1.165) is 29.7 Å². The minimum atomic E-state index is -1.91. The summed E-state index contributed by atoms with van der Waals surface area (Å²) in [6.07, 6.45) is 6.01. The van der Waals surface area contributed by atoms with Gasteiger partial charge in [0.25, 0.3) is 5.91 Å². The smallest absolute Gasteiger partial charge is 0.264 e. The molecule has 3 amide bonds. The zero-order chi connectivity index (χ0) is 32.4. The van der Waals surface area contributed by atoms with Gasteiger partial charge in [-0.1, -0.05) is 73.1 Å². The fraction of sp³-hybridized carbons (Fsp3) is 0.333. The Balaban J connectivity index is 1.23. The number of fused-ring (bicyclic) bond motifs is 1. The number of aliphatic hydroxyl groups excluding tert-OH is 1. The first kappa shape index (κ1) is 31.7. The van der Waals surface area contributed by atoms with E-state index in [1.807, 2.05) is 54.6 Å². The van der Waals surface area contributed by atoms with Crippen molar-refractivity contribution in [2.75, 3.05) is 23.1 Å². The van der Waals surface area contributed by atoms with E-state index < -0.39 is 17.4 Å². The molecule has 0 unspecified atom stereocenters. The monoisotopic (exact) mass is 640 g/mol. The SMILES string of the molecule is C[C@@H](/C=C/CC(=O)N1CCC[C@H]1CO)[C@]1(O)C(=O)N(Cc2cccc(N3N=C(c4ccccc4)CCC3=O)c2)c2ccc(Cl)cc21. The van der Waals surface area contributed by atoms with Crippen molar-refractivity contribution in [2.24, 2.45) is 11.0 Å². The van der Waals surface area contributed by atoms with E-state index >= 15 is 0 Å². The highest BCUT2D eigenvalue weighted by Crippen LogP contribution is 2.47. The van der Waals surface area contributed by atoms with Crippen molar-refractivity contribution < 1.29 is 24.6 Å². The summed E-state index contributed by atoms with van der Waals surface area (Å²) in [5, 5.41) is 28.1. The van der Waals surface area contributed by atoms with Crippen molar-refractivity contribution in [2.45, 2.75) is 57.2 Å². The molecule has 3 aliphatic heterocycles. The number of halogens is 1. The third-order valence-electron chi connectivity index (χ3n) is 9.15. The van der Waals surface area contributed by atoms with Gasteiger partial charge in [-0.2, -0.15) is 5.10 Å². The predicted molar refractivity (Wildman–Crippen MR) is 177 cm³/mol. The van der Waals surface area contributed by atoms with Crippen LogP contribution < -0.4 is 9.91 Å². The number of amides is 3. The third-order valence-corrected chi connectivity index (χ3v) is 9.39. The molecule has 0 spiro atoms. The van der Waals surface area contributed by atoms with E-state index in [0.29, 0.717) is 41.3 Å². The first-order chi connectivity index (χ1) is 22.2. The Hall–Kier alpha value is -4.31. The van der Waals surface area contributed by atoms with Gasteiger partial charge in [-0.15, -0.1) is 0 Å². The molecule has 3 atom stereocenters. The number of aliphatic hydroxyl groups is 2. The Morgan fingerprint density at radius 1 is 1.09 bits per heavy atom. The van der Waals surface area contributed by atoms with E-state index in [4.69, 9.17) is 11.6 Å².